The molecule has 2 aliphatic heterocycles. The number of hydrazine groups is 1. The summed E-state index contributed by atoms with van der Waals surface area (Å²) in [6.07, 6.45) is -0.0942. The van der Waals surface area contributed by atoms with E-state index in [0.717, 1.165) is 22.5 Å². The van der Waals surface area contributed by atoms with Crippen LogP contribution in [0.1, 0.15) is 41.8 Å². The van der Waals surface area contributed by atoms with Crippen molar-refractivity contribution in [1.82, 2.24) is 21.5 Å². The SMILES string of the molecule is CCNC(=O)C[C@@H]1N=C(c2ccc(Cl)cc2)c2cc(OCCOCCOCCNC(=O)c3cccc(B(O)O)c3)ccc2N2C(C)NNC12. The Hall–Kier alpha value is -4.02. The molecule has 3 atom stereocenters. The van der Waals surface area contributed by atoms with Crippen LogP contribution in [0.25, 0.3) is 0 Å². The maximum Gasteiger partial charge on any atom is 0.488 e. The number of benzene rings is 3. The van der Waals surface area contributed by atoms with E-state index in [0.29, 0.717) is 62.5 Å². The number of rotatable bonds is 16. The van der Waals surface area contributed by atoms with Crippen molar-refractivity contribution in [2.24, 2.45) is 4.99 Å². The fraction of sp³-hybridized carbons (Fsp3) is 0.382. The van der Waals surface area contributed by atoms with Crippen LogP contribution in [0.4, 0.5) is 5.69 Å². The molecule has 6 N–H and O–H groups in total. The normalized spacial score (nSPS) is 18.2. The Morgan fingerprint density at radius 3 is 2.47 bits per heavy atom. The lowest BCUT2D eigenvalue weighted by Crippen LogP contribution is -2.47. The second-order valence-electron chi connectivity index (χ2n) is 11.5. The summed E-state index contributed by atoms with van der Waals surface area (Å²) in [5.74, 6) is 0.260. The monoisotopic (exact) mass is 692 g/mol. The lowest BCUT2D eigenvalue weighted by atomic mass is 9.79. The first-order valence-electron chi connectivity index (χ1n) is 16.3. The van der Waals surface area contributed by atoms with Gasteiger partial charge in [0.05, 0.1) is 50.8 Å². The Morgan fingerprint density at radius 1 is 0.959 bits per heavy atom. The summed E-state index contributed by atoms with van der Waals surface area (Å²) in [4.78, 5) is 32.4. The van der Waals surface area contributed by atoms with Crippen LogP contribution in [-0.2, 0) is 14.3 Å². The molecule has 3 aromatic carbocycles. The van der Waals surface area contributed by atoms with E-state index >= 15 is 0 Å². The molecule has 5 rings (SSSR count). The number of hydrogen-bond donors (Lipinski definition) is 6. The third kappa shape index (κ3) is 9.58. The fourth-order valence-electron chi connectivity index (χ4n) is 5.73. The Morgan fingerprint density at radius 2 is 1.71 bits per heavy atom. The molecule has 0 bridgehead atoms. The van der Waals surface area contributed by atoms with Crippen molar-refractivity contribution < 1.29 is 33.8 Å². The van der Waals surface area contributed by atoms with Crippen molar-refractivity contribution in [2.45, 2.75) is 38.6 Å². The van der Waals surface area contributed by atoms with Crippen molar-refractivity contribution >= 4 is 47.4 Å². The topological polar surface area (TPSA) is 166 Å². The number of nitrogens with zero attached hydrogens (tertiary/aromatic N) is 2. The summed E-state index contributed by atoms with van der Waals surface area (Å²) >= 11 is 6.22. The van der Waals surface area contributed by atoms with Gasteiger partial charge in [0.15, 0.2) is 0 Å². The fourth-order valence-corrected chi connectivity index (χ4v) is 5.85. The molecular weight excluding hydrogens is 651 g/mol. The number of hydrogen-bond acceptors (Lipinski definition) is 11. The van der Waals surface area contributed by atoms with Crippen LogP contribution in [0.5, 0.6) is 5.75 Å². The summed E-state index contributed by atoms with van der Waals surface area (Å²) in [5.41, 5.74) is 10.7. The number of nitrogens with one attached hydrogen (secondary N) is 4. The lowest BCUT2D eigenvalue weighted by molar-refractivity contribution is -0.121. The summed E-state index contributed by atoms with van der Waals surface area (Å²) in [7, 11) is -1.64. The molecule has 2 heterocycles. The molecule has 0 saturated carbocycles. The van der Waals surface area contributed by atoms with Gasteiger partial charge in [-0.1, -0.05) is 35.9 Å². The minimum Gasteiger partial charge on any atom is -0.491 e. The van der Waals surface area contributed by atoms with Gasteiger partial charge in [0.2, 0.25) is 5.91 Å². The first kappa shape index (κ1) is 36.3. The molecule has 260 valence electrons. The average Bonchev–Trinajstić information content (AvgIpc) is 3.42. The number of carbonyl (C=O) groups is 2. The van der Waals surface area contributed by atoms with Gasteiger partial charge in [-0.2, -0.15) is 0 Å². The number of halogens is 1. The van der Waals surface area contributed by atoms with Crippen LogP contribution < -0.4 is 36.6 Å². The van der Waals surface area contributed by atoms with Crippen LogP contribution >= 0.6 is 11.6 Å². The van der Waals surface area contributed by atoms with Crippen LogP contribution in [0.15, 0.2) is 71.7 Å². The van der Waals surface area contributed by atoms with Crippen molar-refractivity contribution in [3.63, 3.8) is 0 Å². The molecule has 49 heavy (non-hydrogen) atoms. The van der Waals surface area contributed by atoms with Crippen LogP contribution in [-0.4, -0.2) is 99.2 Å². The average molecular weight is 693 g/mol. The third-order valence-corrected chi connectivity index (χ3v) is 8.30. The van der Waals surface area contributed by atoms with Gasteiger partial charge < -0.3 is 39.8 Å². The maximum atomic E-state index is 12.7. The van der Waals surface area contributed by atoms with Gasteiger partial charge in [0, 0.05) is 40.5 Å². The Kier molecular flexibility index (Phi) is 13.0. The zero-order valence-corrected chi connectivity index (χ0v) is 28.3. The van der Waals surface area contributed by atoms with E-state index in [-0.39, 0.29) is 42.1 Å². The van der Waals surface area contributed by atoms with Gasteiger partial charge in [-0.15, -0.1) is 0 Å². The first-order chi connectivity index (χ1) is 23.7. The molecule has 2 amide bonds. The van der Waals surface area contributed by atoms with Crippen molar-refractivity contribution in [3.05, 3.63) is 88.4 Å². The quantitative estimate of drug-likeness (QED) is 0.0949. The number of fused-ring (bicyclic) bond motifs is 3. The van der Waals surface area contributed by atoms with E-state index in [1.165, 1.54) is 12.1 Å². The van der Waals surface area contributed by atoms with Crippen LogP contribution in [0.3, 0.4) is 0 Å². The largest absolute Gasteiger partial charge is 0.491 e. The minimum absolute atomic E-state index is 0.0575. The first-order valence-corrected chi connectivity index (χ1v) is 16.7. The van der Waals surface area contributed by atoms with Crippen LogP contribution in [0, 0.1) is 0 Å². The molecule has 0 radical (unpaired) electrons. The molecule has 0 spiro atoms. The standard InChI is InChI=1S/C34H42BClN6O7/c1-3-37-31(43)21-29-33-41-40-22(2)42(33)30-12-11-27(20-28(30)32(39-29)23-7-9-26(36)10-8-23)49-18-17-48-16-15-47-14-13-38-34(44)24-5-4-6-25(19-24)35(45)46/h4-12,19-20,22,29,33,40-41,45-46H,3,13-18,21H2,1-2H3,(H,37,43)(H,38,44)/t22?,29-,33?/m0/s1. The molecular formula is C34H42BClN6O7. The summed E-state index contributed by atoms with van der Waals surface area (Å²) in [6, 6.07) is 19.2. The molecule has 1 saturated heterocycles. The highest BCUT2D eigenvalue weighted by Gasteiger charge is 2.40. The smallest absolute Gasteiger partial charge is 0.488 e. The molecule has 13 nitrogen and oxygen atoms in total. The molecule has 1 fully saturated rings. The van der Waals surface area contributed by atoms with Crippen molar-refractivity contribution in [2.75, 3.05) is 51.0 Å². The molecule has 2 aliphatic rings. The van der Waals surface area contributed by atoms with E-state index < -0.39 is 7.12 Å². The van der Waals surface area contributed by atoms with Gasteiger partial charge in [0.25, 0.3) is 5.91 Å². The van der Waals surface area contributed by atoms with E-state index in [2.05, 4.69) is 33.3 Å². The highest BCUT2D eigenvalue weighted by molar-refractivity contribution is 6.58. The van der Waals surface area contributed by atoms with E-state index in [1.54, 1.807) is 12.1 Å². The van der Waals surface area contributed by atoms with Crippen molar-refractivity contribution in [3.8, 4) is 5.75 Å². The van der Waals surface area contributed by atoms with Crippen LogP contribution in [0.2, 0.25) is 5.02 Å². The third-order valence-electron chi connectivity index (χ3n) is 8.05. The molecule has 15 heteroatoms. The molecule has 0 aliphatic carbocycles. The van der Waals surface area contributed by atoms with Gasteiger partial charge in [-0.05, 0) is 61.8 Å². The number of carbonyl (C=O) groups excluding carboxylic acids is 2. The molecule has 0 aromatic heterocycles. The molecule has 3 aromatic rings. The van der Waals surface area contributed by atoms with Gasteiger partial charge in [-0.25, -0.2) is 10.9 Å². The van der Waals surface area contributed by atoms with Gasteiger partial charge >= 0.3 is 7.12 Å². The zero-order chi connectivity index (χ0) is 34.8. The lowest BCUT2D eigenvalue weighted by Gasteiger charge is -2.31. The number of aliphatic imine (C=N–C) groups is 1. The Bertz CT molecular complexity index is 1610. The number of anilines is 1. The molecule has 2 unspecified atom stereocenters. The zero-order valence-electron chi connectivity index (χ0n) is 27.5. The number of ether oxygens (including phenoxy) is 3. The second-order valence-corrected chi connectivity index (χ2v) is 12.0. The van der Waals surface area contributed by atoms with E-state index in [9.17, 15) is 19.6 Å². The summed E-state index contributed by atoms with van der Waals surface area (Å²) < 4.78 is 17.3. The Balaban J connectivity index is 1.14. The Labute approximate surface area is 291 Å². The summed E-state index contributed by atoms with van der Waals surface area (Å²) in [5, 5.41) is 24.8. The van der Waals surface area contributed by atoms with Gasteiger partial charge in [0.1, 0.15) is 18.5 Å². The highest BCUT2D eigenvalue weighted by Crippen LogP contribution is 2.36. The predicted molar refractivity (Wildman–Crippen MR) is 188 cm³/mol. The van der Waals surface area contributed by atoms with Gasteiger partial charge in [-0.3, -0.25) is 14.6 Å². The highest BCUT2D eigenvalue weighted by atomic mass is 35.5. The van der Waals surface area contributed by atoms with Crippen molar-refractivity contribution in [1.29, 1.82) is 0 Å². The number of amides is 2. The van der Waals surface area contributed by atoms with E-state index in [4.69, 9.17) is 30.8 Å². The van der Waals surface area contributed by atoms with E-state index in [1.807, 2.05) is 49.4 Å². The maximum absolute atomic E-state index is 12.7. The predicted octanol–water partition coefficient (Wildman–Crippen LogP) is 1.19. The summed E-state index contributed by atoms with van der Waals surface area (Å²) in [6.45, 7) is 6.45. The minimum atomic E-state index is -1.64. The second kappa shape index (κ2) is 17.6.